The number of hydrogen-bond donors (Lipinski definition) is 2. The van der Waals surface area contributed by atoms with E-state index in [1.807, 2.05) is 0 Å². The number of pyridine rings is 1. The zero-order chi connectivity index (χ0) is 12.6. The number of amides is 1. The lowest BCUT2D eigenvalue weighted by Crippen LogP contribution is -2.31. The fourth-order valence-electron chi connectivity index (χ4n) is 2.88. The van der Waals surface area contributed by atoms with Gasteiger partial charge in [0.05, 0.1) is 0 Å². The predicted octanol–water partition coefficient (Wildman–Crippen LogP) is 2.06. The Balaban J connectivity index is 1.63. The standard InChI is InChI=1S/C13H16ClN3O/c14-9-1-4-16-11(7-9)17-12(18)10-8-13(10)2-5-15-6-3-13/h1,4,7,10,15H,2-3,5-6,8H2,(H,16,17,18). The average Bonchev–Trinajstić information content (AvgIpc) is 3.04. The number of carbonyl (C=O) groups is 1. The largest absolute Gasteiger partial charge is 0.317 e. The summed E-state index contributed by atoms with van der Waals surface area (Å²) in [7, 11) is 0. The van der Waals surface area contributed by atoms with Crippen molar-refractivity contribution in [1.82, 2.24) is 10.3 Å². The first-order valence-corrected chi connectivity index (χ1v) is 6.71. The summed E-state index contributed by atoms with van der Waals surface area (Å²) in [5.41, 5.74) is 0.258. The van der Waals surface area contributed by atoms with E-state index >= 15 is 0 Å². The number of nitrogens with zero attached hydrogens (tertiary/aromatic N) is 1. The van der Waals surface area contributed by atoms with Crippen LogP contribution in [-0.2, 0) is 4.79 Å². The smallest absolute Gasteiger partial charge is 0.229 e. The van der Waals surface area contributed by atoms with Crippen molar-refractivity contribution in [3.8, 4) is 0 Å². The molecule has 1 aromatic heterocycles. The molecular weight excluding hydrogens is 250 g/mol. The third kappa shape index (κ3) is 2.22. The molecule has 1 spiro atoms. The monoisotopic (exact) mass is 265 g/mol. The summed E-state index contributed by atoms with van der Waals surface area (Å²) < 4.78 is 0. The summed E-state index contributed by atoms with van der Waals surface area (Å²) >= 11 is 5.87. The van der Waals surface area contributed by atoms with Crippen LogP contribution in [0.3, 0.4) is 0 Å². The zero-order valence-corrected chi connectivity index (χ0v) is 10.8. The van der Waals surface area contributed by atoms with Crippen molar-refractivity contribution in [3.05, 3.63) is 23.4 Å². The summed E-state index contributed by atoms with van der Waals surface area (Å²) in [5, 5.41) is 6.79. The molecule has 1 atom stereocenters. The van der Waals surface area contributed by atoms with Crippen molar-refractivity contribution in [2.45, 2.75) is 19.3 Å². The molecular formula is C13H16ClN3O. The molecule has 2 N–H and O–H groups in total. The molecule has 1 unspecified atom stereocenters. The highest BCUT2D eigenvalue weighted by Crippen LogP contribution is 2.58. The molecule has 1 aliphatic carbocycles. The van der Waals surface area contributed by atoms with Gasteiger partial charge in [0.1, 0.15) is 5.82 Å². The van der Waals surface area contributed by atoms with Crippen LogP contribution in [0.25, 0.3) is 0 Å². The van der Waals surface area contributed by atoms with Gasteiger partial charge in [0.2, 0.25) is 5.91 Å². The number of hydrogen-bond acceptors (Lipinski definition) is 3. The third-order valence-corrected chi connectivity index (χ3v) is 4.31. The van der Waals surface area contributed by atoms with E-state index in [4.69, 9.17) is 11.6 Å². The number of carbonyl (C=O) groups excluding carboxylic acids is 1. The van der Waals surface area contributed by atoms with Crippen molar-refractivity contribution >= 4 is 23.3 Å². The third-order valence-electron chi connectivity index (χ3n) is 4.08. The first kappa shape index (κ1) is 11.9. The van der Waals surface area contributed by atoms with Gasteiger partial charge in [0.25, 0.3) is 0 Å². The number of anilines is 1. The zero-order valence-electron chi connectivity index (χ0n) is 10.1. The number of halogens is 1. The summed E-state index contributed by atoms with van der Waals surface area (Å²) in [5.74, 6) is 0.788. The molecule has 1 aromatic rings. The molecule has 2 heterocycles. The molecule has 0 bridgehead atoms. The number of piperidine rings is 1. The van der Waals surface area contributed by atoms with E-state index in [1.165, 1.54) is 0 Å². The van der Waals surface area contributed by atoms with Crippen molar-refractivity contribution < 1.29 is 4.79 Å². The fraction of sp³-hybridized carbons (Fsp3) is 0.538. The van der Waals surface area contributed by atoms with Crippen molar-refractivity contribution in [2.75, 3.05) is 18.4 Å². The van der Waals surface area contributed by atoms with Gasteiger partial charge in [-0.05, 0) is 49.9 Å². The van der Waals surface area contributed by atoms with E-state index in [9.17, 15) is 4.79 Å². The van der Waals surface area contributed by atoms with Gasteiger partial charge >= 0.3 is 0 Å². The Kier molecular flexibility index (Phi) is 2.99. The molecule has 4 nitrogen and oxygen atoms in total. The highest BCUT2D eigenvalue weighted by Gasteiger charge is 2.57. The second-order valence-corrected chi connectivity index (χ2v) is 5.65. The highest BCUT2D eigenvalue weighted by atomic mass is 35.5. The van der Waals surface area contributed by atoms with E-state index < -0.39 is 0 Å². The van der Waals surface area contributed by atoms with Gasteiger partial charge in [-0.25, -0.2) is 4.98 Å². The maximum atomic E-state index is 12.1. The maximum absolute atomic E-state index is 12.1. The Morgan fingerprint density at radius 1 is 1.50 bits per heavy atom. The molecule has 0 radical (unpaired) electrons. The summed E-state index contributed by atoms with van der Waals surface area (Å²) in [4.78, 5) is 16.2. The minimum atomic E-state index is 0.0895. The second kappa shape index (κ2) is 4.52. The van der Waals surface area contributed by atoms with Gasteiger partial charge in [-0.2, -0.15) is 0 Å². The van der Waals surface area contributed by atoms with Crippen LogP contribution < -0.4 is 10.6 Å². The highest BCUT2D eigenvalue weighted by molar-refractivity contribution is 6.30. The molecule has 96 valence electrons. The SMILES string of the molecule is O=C(Nc1cc(Cl)ccn1)C1CC12CCNCC2. The molecule has 1 aliphatic heterocycles. The van der Waals surface area contributed by atoms with Crippen LogP contribution in [0.15, 0.2) is 18.3 Å². The predicted molar refractivity (Wildman–Crippen MR) is 70.5 cm³/mol. The van der Waals surface area contributed by atoms with Gasteiger partial charge in [-0.1, -0.05) is 11.6 Å². The summed E-state index contributed by atoms with van der Waals surface area (Å²) in [6.07, 6.45) is 4.83. The van der Waals surface area contributed by atoms with Crippen LogP contribution in [0.1, 0.15) is 19.3 Å². The molecule has 2 aliphatic rings. The van der Waals surface area contributed by atoms with Gasteiger partial charge in [0, 0.05) is 17.1 Å². The van der Waals surface area contributed by atoms with Crippen LogP contribution in [-0.4, -0.2) is 24.0 Å². The molecule has 3 rings (SSSR count). The Morgan fingerprint density at radius 3 is 3.00 bits per heavy atom. The fourth-order valence-corrected chi connectivity index (χ4v) is 3.04. The molecule has 18 heavy (non-hydrogen) atoms. The van der Waals surface area contributed by atoms with Crippen LogP contribution in [0, 0.1) is 11.3 Å². The molecule has 2 fully saturated rings. The minimum absolute atomic E-state index is 0.0895. The Bertz CT molecular complexity index is 471. The van der Waals surface area contributed by atoms with Gasteiger partial charge < -0.3 is 10.6 Å². The Labute approximate surface area is 111 Å². The van der Waals surface area contributed by atoms with E-state index in [1.54, 1.807) is 18.3 Å². The quantitative estimate of drug-likeness (QED) is 0.861. The normalized spacial score (nSPS) is 24.8. The van der Waals surface area contributed by atoms with Crippen molar-refractivity contribution in [2.24, 2.45) is 11.3 Å². The topological polar surface area (TPSA) is 54.0 Å². The average molecular weight is 266 g/mol. The molecule has 0 aromatic carbocycles. The van der Waals surface area contributed by atoms with Crippen molar-refractivity contribution in [3.63, 3.8) is 0 Å². The lowest BCUT2D eigenvalue weighted by Gasteiger charge is -2.23. The van der Waals surface area contributed by atoms with Gasteiger partial charge in [-0.3, -0.25) is 4.79 Å². The lowest BCUT2D eigenvalue weighted by molar-refractivity contribution is -0.118. The van der Waals surface area contributed by atoms with Gasteiger partial charge in [-0.15, -0.1) is 0 Å². The van der Waals surface area contributed by atoms with Crippen LogP contribution in [0.4, 0.5) is 5.82 Å². The van der Waals surface area contributed by atoms with E-state index in [0.29, 0.717) is 10.8 Å². The summed E-state index contributed by atoms with van der Waals surface area (Å²) in [6.45, 7) is 2.05. The van der Waals surface area contributed by atoms with E-state index in [0.717, 1.165) is 32.4 Å². The molecule has 1 amide bonds. The van der Waals surface area contributed by atoms with Gasteiger partial charge in [0.15, 0.2) is 0 Å². The van der Waals surface area contributed by atoms with Crippen LogP contribution in [0.2, 0.25) is 5.02 Å². The minimum Gasteiger partial charge on any atom is -0.317 e. The molecule has 1 saturated heterocycles. The van der Waals surface area contributed by atoms with E-state index in [-0.39, 0.29) is 17.2 Å². The second-order valence-electron chi connectivity index (χ2n) is 5.22. The number of rotatable bonds is 2. The van der Waals surface area contributed by atoms with E-state index in [2.05, 4.69) is 15.6 Å². The van der Waals surface area contributed by atoms with Crippen LogP contribution in [0.5, 0.6) is 0 Å². The summed E-state index contributed by atoms with van der Waals surface area (Å²) in [6, 6.07) is 3.37. The van der Waals surface area contributed by atoms with Crippen LogP contribution >= 0.6 is 11.6 Å². The maximum Gasteiger partial charge on any atom is 0.229 e. The molecule has 1 saturated carbocycles. The lowest BCUT2D eigenvalue weighted by atomic mass is 9.92. The Hall–Kier alpha value is -1.13. The number of aromatic nitrogens is 1. The van der Waals surface area contributed by atoms with Crippen molar-refractivity contribution in [1.29, 1.82) is 0 Å². The number of nitrogens with one attached hydrogen (secondary N) is 2. The first-order chi connectivity index (χ1) is 8.70. The first-order valence-electron chi connectivity index (χ1n) is 6.33. The molecule has 5 heteroatoms. The Morgan fingerprint density at radius 2 is 2.28 bits per heavy atom.